The molecule has 4 nitrogen and oxygen atoms in total. The first-order chi connectivity index (χ1) is 12.1. The smallest absolute Gasteiger partial charge is 0.287 e. The van der Waals surface area contributed by atoms with Crippen LogP contribution in [0.3, 0.4) is 0 Å². The van der Waals surface area contributed by atoms with Gasteiger partial charge >= 0.3 is 0 Å². The fraction of sp³-hybridized carbons (Fsp3) is 0.190. The average molecular weight is 335 g/mol. The number of carbonyl (C=O) groups is 1. The van der Waals surface area contributed by atoms with Crippen LogP contribution in [0, 0.1) is 6.92 Å². The fourth-order valence-corrected chi connectivity index (χ4v) is 2.95. The highest BCUT2D eigenvalue weighted by Crippen LogP contribution is 2.15. The molecule has 4 heteroatoms. The third-order valence-electron chi connectivity index (χ3n) is 4.24. The van der Waals surface area contributed by atoms with Crippen molar-refractivity contribution in [2.75, 3.05) is 12.4 Å². The van der Waals surface area contributed by atoms with Crippen molar-refractivity contribution in [2.45, 2.75) is 19.5 Å². The first-order valence-electron chi connectivity index (χ1n) is 8.40. The highest BCUT2D eigenvalue weighted by atomic mass is 16.3. The van der Waals surface area contributed by atoms with Crippen molar-refractivity contribution in [3.05, 3.63) is 89.9 Å². The van der Waals surface area contributed by atoms with Gasteiger partial charge in [0.25, 0.3) is 5.91 Å². The van der Waals surface area contributed by atoms with E-state index in [1.165, 1.54) is 0 Å². The number of furan rings is 1. The highest BCUT2D eigenvalue weighted by molar-refractivity contribution is 5.94. The van der Waals surface area contributed by atoms with Gasteiger partial charge in [0.15, 0.2) is 11.8 Å². The van der Waals surface area contributed by atoms with Crippen molar-refractivity contribution in [1.82, 2.24) is 0 Å². The Bertz CT molecular complexity index is 796. The second-order valence-electron chi connectivity index (χ2n) is 6.30. The van der Waals surface area contributed by atoms with Crippen molar-refractivity contribution in [1.29, 1.82) is 0 Å². The van der Waals surface area contributed by atoms with Gasteiger partial charge in [0.2, 0.25) is 0 Å². The molecule has 0 radical (unpaired) electrons. The second-order valence-corrected chi connectivity index (χ2v) is 6.30. The summed E-state index contributed by atoms with van der Waals surface area (Å²) in [6.07, 6.45) is 1.66. The molecular formula is C21H23N2O2+. The summed E-state index contributed by atoms with van der Waals surface area (Å²) in [4.78, 5) is 14.1. The van der Waals surface area contributed by atoms with Crippen molar-refractivity contribution >= 4 is 11.6 Å². The number of hydrogen-bond acceptors (Lipinski definition) is 2. The minimum absolute atomic E-state index is 0.0286. The van der Waals surface area contributed by atoms with Crippen molar-refractivity contribution in [2.24, 2.45) is 0 Å². The Labute approximate surface area is 148 Å². The fourth-order valence-electron chi connectivity index (χ4n) is 2.95. The van der Waals surface area contributed by atoms with Crippen molar-refractivity contribution in [3.8, 4) is 0 Å². The number of carbonyl (C=O) groups excluding carboxylic acids is 1. The summed E-state index contributed by atoms with van der Waals surface area (Å²) >= 11 is 0. The molecule has 1 amide bonds. The molecule has 2 aromatic carbocycles. The third kappa shape index (κ3) is 4.37. The summed E-state index contributed by atoms with van der Waals surface area (Å²) in [5.41, 5.74) is 2.96. The Kier molecular flexibility index (Phi) is 5.31. The first-order valence-corrected chi connectivity index (χ1v) is 8.40. The number of quaternary nitrogens is 1. The summed E-state index contributed by atoms with van der Waals surface area (Å²) in [5, 5.41) is 3.04. The van der Waals surface area contributed by atoms with Crippen LogP contribution in [-0.2, 0) is 11.3 Å². The molecule has 1 unspecified atom stereocenters. The largest absolute Gasteiger partial charge is 0.463 e. The quantitative estimate of drug-likeness (QED) is 0.727. The van der Waals surface area contributed by atoms with E-state index in [1.54, 1.807) is 6.26 Å². The van der Waals surface area contributed by atoms with E-state index in [0.29, 0.717) is 6.54 Å². The summed E-state index contributed by atoms with van der Waals surface area (Å²) in [6, 6.07) is 21.2. The standard InChI is InChI=1S/C21H22N2O2/c1-16-10-12-18(13-11-16)22-21(24)20(17-7-4-3-5-8-17)23(2)15-19-9-6-14-25-19/h3-14,20H,15H2,1-2H3,(H,22,24)/p+1/t20-/m1/s1. The van der Waals surface area contributed by atoms with Crippen LogP contribution in [-0.4, -0.2) is 13.0 Å². The van der Waals surface area contributed by atoms with E-state index in [4.69, 9.17) is 4.42 Å². The molecule has 2 N–H and O–H groups in total. The van der Waals surface area contributed by atoms with E-state index < -0.39 is 0 Å². The molecule has 3 rings (SSSR count). The molecule has 128 valence electrons. The number of likely N-dealkylation sites (N-methyl/N-ethyl adjacent to an activating group) is 1. The van der Waals surface area contributed by atoms with Gasteiger partial charge in [0.05, 0.1) is 13.3 Å². The molecule has 2 atom stereocenters. The van der Waals surface area contributed by atoms with E-state index in [2.05, 4.69) is 5.32 Å². The number of benzene rings is 2. The Morgan fingerprint density at radius 2 is 1.76 bits per heavy atom. The van der Waals surface area contributed by atoms with Crippen LogP contribution in [0.5, 0.6) is 0 Å². The zero-order valence-corrected chi connectivity index (χ0v) is 14.5. The van der Waals surface area contributed by atoms with Crippen molar-refractivity contribution in [3.63, 3.8) is 0 Å². The lowest BCUT2D eigenvalue weighted by atomic mass is 10.0. The number of nitrogens with one attached hydrogen (secondary N) is 2. The molecule has 0 saturated heterocycles. The lowest BCUT2D eigenvalue weighted by molar-refractivity contribution is -0.916. The van der Waals surface area contributed by atoms with Crippen LogP contribution < -0.4 is 10.2 Å². The molecule has 0 aliphatic carbocycles. The minimum Gasteiger partial charge on any atom is -0.463 e. The monoisotopic (exact) mass is 335 g/mol. The number of rotatable bonds is 6. The van der Waals surface area contributed by atoms with Gasteiger partial charge < -0.3 is 14.6 Å². The Hall–Kier alpha value is -2.85. The van der Waals surface area contributed by atoms with E-state index >= 15 is 0 Å². The Balaban J connectivity index is 1.82. The normalized spacial score (nSPS) is 13.2. The van der Waals surface area contributed by atoms with Crippen LogP contribution in [0.4, 0.5) is 5.69 Å². The number of anilines is 1. The SMILES string of the molecule is Cc1ccc(NC(=O)[C@@H](c2ccccc2)[NH+](C)Cc2ccco2)cc1. The zero-order valence-electron chi connectivity index (χ0n) is 14.5. The molecule has 3 aromatic rings. The Morgan fingerprint density at radius 1 is 1.04 bits per heavy atom. The van der Waals surface area contributed by atoms with Gasteiger partial charge in [-0.05, 0) is 31.2 Å². The topological polar surface area (TPSA) is 46.7 Å². The summed E-state index contributed by atoms with van der Waals surface area (Å²) in [6.45, 7) is 2.66. The first kappa shape index (κ1) is 17.0. The van der Waals surface area contributed by atoms with Crippen LogP contribution in [0.25, 0.3) is 0 Å². The summed E-state index contributed by atoms with van der Waals surface area (Å²) in [7, 11) is 2.01. The summed E-state index contributed by atoms with van der Waals surface area (Å²) < 4.78 is 5.45. The molecule has 25 heavy (non-hydrogen) atoms. The van der Waals surface area contributed by atoms with Crippen LogP contribution in [0.1, 0.15) is 22.9 Å². The molecule has 1 heterocycles. The zero-order chi connectivity index (χ0) is 17.6. The van der Waals surface area contributed by atoms with Gasteiger partial charge in [-0.25, -0.2) is 0 Å². The molecule has 0 saturated carbocycles. The van der Waals surface area contributed by atoms with Crippen LogP contribution >= 0.6 is 0 Å². The lowest BCUT2D eigenvalue weighted by Crippen LogP contribution is -3.09. The maximum atomic E-state index is 13.0. The van der Waals surface area contributed by atoms with Gasteiger partial charge in [-0.2, -0.15) is 0 Å². The lowest BCUT2D eigenvalue weighted by Gasteiger charge is -2.24. The van der Waals surface area contributed by atoms with Crippen LogP contribution in [0.15, 0.2) is 77.4 Å². The van der Waals surface area contributed by atoms with Gasteiger partial charge in [0, 0.05) is 11.3 Å². The van der Waals surface area contributed by atoms with E-state index in [0.717, 1.165) is 27.5 Å². The van der Waals surface area contributed by atoms with Gasteiger partial charge in [-0.1, -0.05) is 48.0 Å². The summed E-state index contributed by atoms with van der Waals surface area (Å²) in [5.74, 6) is 0.834. The van der Waals surface area contributed by atoms with Gasteiger partial charge in [0.1, 0.15) is 6.54 Å². The predicted molar refractivity (Wildman–Crippen MR) is 98.3 cm³/mol. The molecule has 1 aromatic heterocycles. The predicted octanol–water partition coefficient (Wildman–Crippen LogP) is 2.98. The third-order valence-corrected chi connectivity index (χ3v) is 4.24. The number of aryl methyl sites for hydroxylation is 1. The Morgan fingerprint density at radius 3 is 2.40 bits per heavy atom. The van der Waals surface area contributed by atoms with Gasteiger partial charge in [-0.3, -0.25) is 4.79 Å². The molecule has 0 aliphatic heterocycles. The highest BCUT2D eigenvalue weighted by Gasteiger charge is 2.29. The van der Waals surface area contributed by atoms with E-state index in [1.807, 2.05) is 80.7 Å². The minimum atomic E-state index is -0.326. The second kappa shape index (κ2) is 7.81. The average Bonchev–Trinajstić information content (AvgIpc) is 3.11. The van der Waals surface area contributed by atoms with E-state index in [9.17, 15) is 4.79 Å². The molecule has 0 fully saturated rings. The molecular weight excluding hydrogens is 312 g/mol. The van der Waals surface area contributed by atoms with E-state index in [-0.39, 0.29) is 11.9 Å². The number of hydrogen-bond donors (Lipinski definition) is 2. The maximum absolute atomic E-state index is 13.0. The van der Waals surface area contributed by atoms with Crippen molar-refractivity contribution < 1.29 is 14.1 Å². The van der Waals surface area contributed by atoms with Gasteiger partial charge in [-0.15, -0.1) is 0 Å². The number of amides is 1. The molecule has 0 spiro atoms. The molecule has 0 bridgehead atoms. The molecule has 0 aliphatic rings. The maximum Gasteiger partial charge on any atom is 0.287 e. The van der Waals surface area contributed by atoms with Crippen LogP contribution in [0.2, 0.25) is 0 Å².